The van der Waals surface area contributed by atoms with E-state index < -0.39 is 48.3 Å². The van der Waals surface area contributed by atoms with Crippen molar-refractivity contribution in [1.29, 1.82) is 0 Å². The highest BCUT2D eigenvalue weighted by Gasteiger charge is 2.44. The first-order valence-corrected chi connectivity index (χ1v) is 19.8. The van der Waals surface area contributed by atoms with Gasteiger partial charge in [-0.2, -0.15) is 0 Å². The van der Waals surface area contributed by atoms with Crippen LogP contribution >= 0.6 is 0 Å². The van der Waals surface area contributed by atoms with E-state index in [0.29, 0.717) is 19.4 Å². The summed E-state index contributed by atoms with van der Waals surface area (Å²) in [6.07, 6.45) is 1.12. The molecule has 0 aliphatic carbocycles. The van der Waals surface area contributed by atoms with E-state index in [1.165, 1.54) is 12.0 Å². The maximum Gasteiger partial charge on any atom is 0.328 e. The van der Waals surface area contributed by atoms with Gasteiger partial charge >= 0.3 is 5.97 Å². The Morgan fingerprint density at radius 2 is 1.47 bits per heavy atom. The van der Waals surface area contributed by atoms with Crippen LogP contribution in [-0.2, 0) is 44.6 Å². The topological polar surface area (TPSA) is 138 Å². The van der Waals surface area contributed by atoms with Gasteiger partial charge in [-0.25, -0.2) is 4.79 Å². The molecule has 1 saturated heterocycles. The Morgan fingerprint density at radius 3 is 1.96 bits per heavy atom. The molecule has 13 nitrogen and oxygen atoms in total. The highest BCUT2D eigenvalue weighted by atomic mass is 16.5. The van der Waals surface area contributed by atoms with Crippen LogP contribution in [0.15, 0.2) is 30.3 Å². The summed E-state index contributed by atoms with van der Waals surface area (Å²) < 4.78 is 17.1. The zero-order chi connectivity index (χ0) is 41.7. The Balaban J connectivity index is 2.32. The molecule has 0 bridgehead atoms. The lowest BCUT2D eigenvalue weighted by Crippen LogP contribution is -2.59. The number of hydrogen-bond acceptors (Lipinski definition) is 9. The molecule has 1 aromatic rings. The molecule has 1 aliphatic heterocycles. The van der Waals surface area contributed by atoms with Crippen molar-refractivity contribution in [3.8, 4) is 0 Å². The maximum absolute atomic E-state index is 14.3. The second kappa shape index (κ2) is 22.3. The highest BCUT2D eigenvalue weighted by Crippen LogP contribution is 2.30. The molecule has 1 fully saturated rings. The van der Waals surface area contributed by atoms with Crippen LogP contribution in [0.3, 0.4) is 0 Å². The molecule has 9 atom stereocenters. The summed E-state index contributed by atoms with van der Waals surface area (Å²) in [6, 6.07) is 6.59. The van der Waals surface area contributed by atoms with Crippen LogP contribution in [0.1, 0.15) is 79.7 Å². The number of ether oxygens (including phenoxy) is 3. The Morgan fingerprint density at radius 1 is 0.855 bits per heavy atom. The van der Waals surface area contributed by atoms with Gasteiger partial charge in [-0.3, -0.25) is 24.1 Å². The van der Waals surface area contributed by atoms with E-state index in [-0.39, 0.29) is 53.8 Å². The van der Waals surface area contributed by atoms with Crippen molar-refractivity contribution in [1.82, 2.24) is 24.9 Å². The van der Waals surface area contributed by atoms with Crippen molar-refractivity contribution in [2.24, 2.45) is 23.7 Å². The summed E-state index contributed by atoms with van der Waals surface area (Å²) in [5.41, 5.74) is 0.894. The lowest BCUT2D eigenvalue weighted by molar-refractivity contribution is -0.156. The molecule has 0 spiro atoms. The van der Waals surface area contributed by atoms with Gasteiger partial charge in [-0.1, -0.05) is 85.2 Å². The fourth-order valence-corrected chi connectivity index (χ4v) is 8.23. The molecule has 0 saturated carbocycles. The first kappa shape index (κ1) is 47.6. The van der Waals surface area contributed by atoms with Crippen LogP contribution in [0.5, 0.6) is 0 Å². The summed E-state index contributed by atoms with van der Waals surface area (Å²) in [5.74, 6) is -2.27. The van der Waals surface area contributed by atoms with Crippen LogP contribution in [0, 0.1) is 23.7 Å². The van der Waals surface area contributed by atoms with Crippen molar-refractivity contribution < 1.29 is 38.2 Å². The van der Waals surface area contributed by atoms with Crippen molar-refractivity contribution >= 4 is 29.6 Å². The van der Waals surface area contributed by atoms with Gasteiger partial charge in [-0.15, -0.1) is 0 Å². The average Bonchev–Trinajstić information content (AvgIpc) is 3.64. The lowest BCUT2D eigenvalue weighted by atomic mass is 9.89. The van der Waals surface area contributed by atoms with Crippen molar-refractivity contribution in [2.45, 2.75) is 123 Å². The zero-order valence-corrected chi connectivity index (χ0v) is 36.0. The van der Waals surface area contributed by atoms with Crippen molar-refractivity contribution in [2.75, 3.05) is 56.1 Å². The van der Waals surface area contributed by atoms with Crippen LogP contribution in [-0.4, -0.2) is 148 Å². The molecule has 0 aromatic heterocycles. The summed E-state index contributed by atoms with van der Waals surface area (Å²) in [7, 11) is 11.4. The molecule has 1 aromatic carbocycles. The number of rotatable bonds is 21. The van der Waals surface area contributed by atoms with E-state index in [4.69, 9.17) is 14.2 Å². The van der Waals surface area contributed by atoms with Gasteiger partial charge in [0.05, 0.1) is 49.8 Å². The number of likely N-dealkylation sites (tertiary alicyclic amines) is 1. The number of amides is 4. The quantitative estimate of drug-likeness (QED) is 0.185. The molecular weight excluding hydrogens is 702 g/mol. The minimum absolute atomic E-state index is 0.00847. The number of nitrogens with zero attached hydrogens (tertiary/aromatic N) is 4. The van der Waals surface area contributed by atoms with E-state index >= 15 is 0 Å². The third-order valence-electron chi connectivity index (χ3n) is 11.5. The summed E-state index contributed by atoms with van der Waals surface area (Å²) in [5, 5.41) is 3.04. The van der Waals surface area contributed by atoms with Crippen molar-refractivity contribution in [3.63, 3.8) is 0 Å². The van der Waals surface area contributed by atoms with Crippen LogP contribution in [0.25, 0.3) is 0 Å². The molecular formula is C42H71N5O8. The van der Waals surface area contributed by atoms with E-state index in [1.807, 2.05) is 90.9 Å². The Kier molecular flexibility index (Phi) is 19.3. The van der Waals surface area contributed by atoms with Crippen molar-refractivity contribution in [3.05, 3.63) is 35.9 Å². The van der Waals surface area contributed by atoms with E-state index in [9.17, 15) is 24.0 Å². The normalized spacial score (nSPS) is 18.9. The number of benzene rings is 1. The van der Waals surface area contributed by atoms with Crippen LogP contribution in [0.2, 0.25) is 0 Å². The molecule has 1 N–H and O–H groups in total. The molecule has 55 heavy (non-hydrogen) atoms. The standard InChI is InChI=1S/C42H71N5O8/c1-15-28(6)37(46(11)41(51)35(26(2)3)43-39(49)36(27(4)5)44(8)9)33(53-12)25-34(48)47-23-19-22-31(47)38(54-13)29(7)40(50)45(10)32(42(52)55-14)24-30-20-17-16-18-21-30/h16-18,20-21,26-29,31-33,35-38H,15,19,22-25H2,1-14H3,(H,43,49)/t28-,29+,31-,32-,33+,35-,36-,37-,38+/m0/s1. The zero-order valence-electron chi connectivity index (χ0n) is 36.0. The average molecular weight is 774 g/mol. The molecule has 0 unspecified atom stereocenters. The van der Waals surface area contributed by atoms with E-state index in [0.717, 1.165) is 18.4 Å². The summed E-state index contributed by atoms with van der Waals surface area (Å²) in [6.45, 7) is 14.1. The predicted octanol–water partition coefficient (Wildman–Crippen LogP) is 3.88. The largest absolute Gasteiger partial charge is 0.467 e. The van der Waals surface area contributed by atoms with Gasteiger partial charge in [0.25, 0.3) is 0 Å². The first-order chi connectivity index (χ1) is 25.9. The highest BCUT2D eigenvalue weighted by molar-refractivity contribution is 5.90. The summed E-state index contributed by atoms with van der Waals surface area (Å²) in [4.78, 5) is 75.6. The second-order valence-electron chi connectivity index (χ2n) is 16.1. The number of methoxy groups -OCH3 is 3. The number of carbonyl (C=O) groups is 5. The van der Waals surface area contributed by atoms with E-state index in [1.54, 1.807) is 45.0 Å². The third-order valence-corrected chi connectivity index (χ3v) is 11.5. The van der Waals surface area contributed by atoms with Crippen LogP contribution < -0.4 is 5.32 Å². The van der Waals surface area contributed by atoms with Gasteiger partial charge in [-0.05, 0) is 50.3 Å². The van der Waals surface area contributed by atoms with Crippen LogP contribution in [0.4, 0.5) is 0 Å². The minimum atomic E-state index is -0.839. The fourth-order valence-electron chi connectivity index (χ4n) is 8.23. The predicted molar refractivity (Wildman–Crippen MR) is 214 cm³/mol. The number of carbonyl (C=O) groups excluding carboxylic acids is 5. The first-order valence-electron chi connectivity index (χ1n) is 19.8. The SMILES string of the molecule is CC[C@H](C)[C@@H]([C@@H](CC(=O)N1CCC[C@H]1[C@H](OC)[C@@H](C)C(=O)N(C)[C@@H](Cc1ccccc1)C(=O)OC)OC)N(C)C(=O)[C@@H](NC(=O)[C@H](C(C)C)N(C)C)C(C)C. The third kappa shape index (κ3) is 12.2. The second-order valence-corrected chi connectivity index (χ2v) is 16.1. The van der Waals surface area contributed by atoms with Gasteiger partial charge in [0.1, 0.15) is 12.1 Å². The van der Waals surface area contributed by atoms with E-state index in [2.05, 4.69) is 5.32 Å². The molecule has 1 heterocycles. The van der Waals surface area contributed by atoms with Gasteiger partial charge in [0, 0.05) is 41.3 Å². The molecule has 312 valence electrons. The lowest BCUT2D eigenvalue weighted by Gasteiger charge is -2.41. The molecule has 13 heteroatoms. The summed E-state index contributed by atoms with van der Waals surface area (Å²) >= 11 is 0. The Labute approximate surface area is 330 Å². The maximum atomic E-state index is 14.3. The number of likely N-dealkylation sites (N-methyl/N-ethyl adjacent to an activating group) is 3. The smallest absolute Gasteiger partial charge is 0.328 e. The number of nitrogens with one attached hydrogen (secondary N) is 1. The van der Waals surface area contributed by atoms with Gasteiger partial charge < -0.3 is 34.2 Å². The molecule has 0 radical (unpaired) electrons. The molecule has 2 rings (SSSR count). The minimum Gasteiger partial charge on any atom is -0.467 e. The molecule has 1 aliphatic rings. The number of esters is 1. The fraction of sp³-hybridized carbons (Fsp3) is 0.738. The molecule has 4 amide bonds. The monoisotopic (exact) mass is 774 g/mol. The van der Waals surface area contributed by atoms with Gasteiger partial charge in [0.2, 0.25) is 23.6 Å². The van der Waals surface area contributed by atoms with Gasteiger partial charge in [0.15, 0.2) is 0 Å². The number of hydrogen-bond donors (Lipinski definition) is 1. The Hall–Kier alpha value is -3.55. The Bertz CT molecular complexity index is 1380.